The van der Waals surface area contributed by atoms with Crippen LogP contribution in [0.25, 0.3) is 0 Å². The van der Waals surface area contributed by atoms with Gasteiger partial charge in [-0.15, -0.1) is 0 Å². The molecule has 1 aromatic rings. The highest BCUT2D eigenvalue weighted by molar-refractivity contribution is 5.69. The third-order valence-corrected chi connectivity index (χ3v) is 2.74. The second-order valence-electron chi connectivity index (χ2n) is 4.06. The zero-order valence-electron chi connectivity index (χ0n) is 8.70. The van der Waals surface area contributed by atoms with Crippen LogP contribution in [0, 0.1) is 0 Å². The van der Waals surface area contributed by atoms with Crippen molar-refractivity contribution >= 4 is 5.97 Å². The summed E-state index contributed by atoms with van der Waals surface area (Å²) in [4.78, 5) is 16.0. The van der Waals surface area contributed by atoms with Gasteiger partial charge in [-0.2, -0.15) is 0 Å². The molecule has 1 aliphatic heterocycles. The van der Waals surface area contributed by atoms with Crippen molar-refractivity contribution in [2.24, 2.45) is 0 Å². The van der Waals surface area contributed by atoms with E-state index in [-0.39, 0.29) is 6.42 Å². The lowest BCUT2D eigenvalue weighted by Crippen LogP contribution is -2.18. The zero-order valence-corrected chi connectivity index (χ0v) is 8.70. The number of likely N-dealkylation sites (tertiary alicyclic amines) is 1. The molecule has 15 heavy (non-hydrogen) atoms. The molecule has 1 fully saturated rings. The van der Waals surface area contributed by atoms with E-state index >= 15 is 0 Å². The van der Waals surface area contributed by atoms with E-state index in [0.29, 0.717) is 0 Å². The Morgan fingerprint density at radius 2 is 2.00 bits per heavy atom. The average Bonchev–Trinajstić information content (AvgIpc) is 2.77. The third kappa shape index (κ3) is 2.83. The molecule has 1 aliphatic rings. The Kier molecular flexibility index (Phi) is 3.06. The number of aromatic nitrogens is 1. The van der Waals surface area contributed by atoms with Gasteiger partial charge in [0.1, 0.15) is 0 Å². The number of aromatic amines is 1. The number of H-pyrrole nitrogens is 1. The Bertz CT molecular complexity index is 340. The summed E-state index contributed by atoms with van der Waals surface area (Å²) in [6.45, 7) is 3.24. The summed E-state index contributed by atoms with van der Waals surface area (Å²) >= 11 is 0. The number of rotatable bonds is 4. The topological polar surface area (TPSA) is 56.3 Å². The standard InChI is InChI=1S/C11H16N2O2/c14-11(15)7-9-3-4-10(12-9)8-13-5-1-2-6-13/h3-4,12H,1-2,5-8H2,(H,14,15). The molecule has 0 amide bonds. The monoisotopic (exact) mass is 208 g/mol. The Hall–Kier alpha value is -1.29. The van der Waals surface area contributed by atoms with Gasteiger partial charge in [-0.1, -0.05) is 0 Å². The molecule has 0 aliphatic carbocycles. The van der Waals surface area contributed by atoms with Crippen LogP contribution in [-0.2, 0) is 17.8 Å². The lowest BCUT2D eigenvalue weighted by Gasteiger charge is -2.12. The van der Waals surface area contributed by atoms with Crippen molar-refractivity contribution in [1.29, 1.82) is 0 Å². The number of carboxylic acids is 1. The second kappa shape index (κ2) is 4.49. The van der Waals surface area contributed by atoms with Gasteiger partial charge in [0, 0.05) is 17.9 Å². The summed E-state index contributed by atoms with van der Waals surface area (Å²) in [5.74, 6) is -0.787. The van der Waals surface area contributed by atoms with E-state index in [2.05, 4.69) is 9.88 Å². The molecule has 4 nitrogen and oxygen atoms in total. The molecule has 1 aromatic heterocycles. The van der Waals surface area contributed by atoms with E-state index in [4.69, 9.17) is 5.11 Å². The van der Waals surface area contributed by atoms with Crippen molar-refractivity contribution in [3.05, 3.63) is 23.5 Å². The van der Waals surface area contributed by atoms with Crippen LogP contribution in [-0.4, -0.2) is 34.0 Å². The summed E-state index contributed by atoms with van der Waals surface area (Å²) in [5.41, 5.74) is 1.91. The van der Waals surface area contributed by atoms with E-state index in [1.54, 1.807) is 0 Å². The number of nitrogens with one attached hydrogen (secondary N) is 1. The summed E-state index contributed by atoms with van der Waals surface area (Å²) in [7, 11) is 0. The predicted octanol–water partition coefficient (Wildman–Crippen LogP) is 1.24. The first-order valence-electron chi connectivity index (χ1n) is 5.35. The molecule has 82 valence electrons. The number of aliphatic carboxylic acids is 1. The molecule has 4 heteroatoms. The van der Waals surface area contributed by atoms with E-state index < -0.39 is 5.97 Å². The number of carbonyl (C=O) groups is 1. The highest BCUT2D eigenvalue weighted by atomic mass is 16.4. The molecule has 0 atom stereocenters. The molecule has 2 rings (SSSR count). The van der Waals surface area contributed by atoms with Crippen LogP contribution in [0.3, 0.4) is 0 Å². The Balaban J connectivity index is 1.91. The lowest BCUT2D eigenvalue weighted by atomic mass is 10.3. The molecular weight excluding hydrogens is 192 g/mol. The van der Waals surface area contributed by atoms with Crippen LogP contribution >= 0.6 is 0 Å². The maximum absolute atomic E-state index is 10.5. The maximum atomic E-state index is 10.5. The zero-order chi connectivity index (χ0) is 10.7. The van der Waals surface area contributed by atoms with Crippen LogP contribution in [0.5, 0.6) is 0 Å². The van der Waals surface area contributed by atoms with Crippen LogP contribution in [0.1, 0.15) is 24.2 Å². The molecule has 1 saturated heterocycles. The minimum absolute atomic E-state index is 0.0833. The highest BCUT2D eigenvalue weighted by Gasteiger charge is 2.12. The quantitative estimate of drug-likeness (QED) is 0.782. The first kappa shape index (κ1) is 10.2. The first-order chi connectivity index (χ1) is 7.24. The molecule has 0 saturated carbocycles. The Morgan fingerprint density at radius 1 is 1.33 bits per heavy atom. The molecule has 0 radical (unpaired) electrons. The van der Waals surface area contributed by atoms with Crippen LogP contribution < -0.4 is 0 Å². The van der Waals surface area contributed by atoms with Gasteiger partial charge in [0.05, 0.1) is 6.42 Å². The fourth-order valence-electron chi connectivity index (χ4n) is 2.03. The molecule has 0 unspecified atom stereocenters. The molecule has 0 aromatic carbocycles. The first-order valence-corrected chi connectivity index (χ1v) is 5.35. The highest BCUT2D eigenvalue weighted by Crippen LogP contribution is 2.12. The summed E-state index contributed by atoms with van der Waals surface area (Å²) in [6, 6.07) is 3.84. The van der Waals surface area contributed by atoms with Crippen LogP contribution in [0.2, 0.25) is 0 Å². The Labute approximate surface area is 88.9 Å². The largest absolute Gasteiger partial charge is 0.481 e. The molecule has 2 N–H and O–H groups in total. The van der Waals surface area contributed by atoms with Gasteiger partial charge in [-0.25, -0.2) is 0 Å². The molecule has 0 spiro atoms. The van der Waals surface area contributed by atoms with Crippen LogP contribution in [0.4, 0.5) is 0 Å². The predicted molar refractivity (Wildman–Crippen MR) is 56.6 cm³/mol. The minimum Gasteiger partial charge on any atom is -0.481 e. The summed E-state index contributed by atoms with van der Waals surface area (Å²) in [5, 5.41) is 8.63. The normalized spacial score (nSPS) is 17.1. The van der Waals surface area contributed by atoms with Crippen molar-refractivity contribution in [3.8, 4) is 0 Å². The lowest BCUT2D eigenvalue weighted by molar-refractivity contribution is -0.136. The van der Waals surface area contributed by atoms with E-state index in [9.17, 15) is 4.79 Å². The second-order valence-corrected chi connectivity index (χ2v) is 4.06. The van der Waals surface area contributed by atoms with Crippen molar-refractivity contribution in [2.75, 3.05) is 13.1 Å². The Morgan fingerprint density at radius 3 is 2.67 bits per heavy atom. The van der Waals surface area contributed by atoms with Gasteiger partial charge in [-0.05, 0) is 38.1 Å². The van der Waals surface area contributed by atoms with Gasteiger partial charge in [-0.3, -0.25) is 9.69 Å². The van der Waals surface area contributed by atoms with Gasteiger partial charge < -0.3 is 10.1 Å². The number of nitrogens with zero attached hydrogens (tertiary/aromatic N) is 1. The number of hydrogen-bond acceptors (Lipinski definition) is 2. The minimum atomic E-state index is -0.787. The molecular formula is C11H16N2O2. The van der Waals surface area contributed by atoms with E-state index in [0.717, 1.165) is 31.0 Å². The van der Waals surface area contributed by atoms with E-state index in [1.807, 2.05) is 12.1 Å². The number of carboxylic acid groups (broad SMARTS) is 1. The SMILES string of the molecule is O=C(O)Cc1ccc(CN2CCCC2)[nH]1. The number of hydrogen-bond donors (Lipinski definition) is 2. The maximum Gasteiger partial charge on any atom is 0.309 e. The van der Waals surface area contributed by atoms with Crippen LogP contribution in [0.15, 0.2) is 12.1 Å². The molecule has 0 bridgehead atoms. The van der Waals surface area contributed by atoms with Crippen molar-refractivity contribution < 1.29 is 9.90 Å². The van der Waals surface area contributed by atoms with Gasteiger partial charge in [0.25, 0.3) is 0 Å². The average molecular weight is 208 g/mol. The van der Waals surface area contributed by atoms with Gasteiger partial charge >= 0.3 is 5.97 Å². The van der Waals surface area contributed by atoms with Gasteiger partial charge in [0.2, 0.25) is 0 Å². The smallest absolute Gasteiger partial charge is 0.309 e. The fraction of sp³-hybridized carbons (Fsp3) is 0.545. The van der Waals surface area contributed by atoms with E-state index in [1.165, 1.54) is 12.8 Å². The fourth-order valence-corrected chi connectivity index (χ4v) is 2.03. The summed E-state index contributed by atoms with van der Waals surface area (Å²) in [6.07, 6.45) is 2.64. The van der Waals surface area contributed by atoms with Gasteiger partial charge in [0.15, 0.2) is 0 Å². The molecule has 2 heterocycles. The summed E-state index contributed by atoms with van der Waals surface area (Å²) < 4.78 is 0. The van der Waals surface area contributed by atoms with Crippen molar-refractivity contribution in [3.63, 3.8) is 0 Å². The van der Waals surface area contributed by atoms with Crippen molar-refractivity contribution in [2.45, 2.75) is 25.8 Å². The third-order valence-electron chi connectivity index (χ3n) is 2.74. The van der Waals surface area contributed by atoms with Crippen molar-refractivity contribution in [1.82, 2.24) is 9.88 Å².